The summed E-state index contributed by atoms with van der Waals surface area (Å²) in [7, 11) is -2.19. The van der Waals surface area contributed by atoms with Crippen molar-refractivity contribution >= 4 is 39.2 Å². The number of benzene rings is 2. The van der Waals surface area contributed by atoms with Crippen LogP contribution in [-0.2, 0) is 10.0 Å². The lowest BCUT2D eigenvalue weighted by Crippen LogP contribution is -2.29. The van der Waals surface area contributed by atoms with Crippen molar-refractivity contribution in [3.63, 3.8) is 0 Å². The van der Waals surface area contributed by atoms with Gasteiger partial charge in [-0.25, -0.2) is 18.4 Å². The van der Waals surface area contributed by atoms with Gasteiger partial charge in [-0.2, -0.15) is 4.98 Å². The summed E-state index contributed by atoms with van der Waals surface area (Å²) in [4.78, 5) is 24.9. The van der Waals surface area contributed by atoms with Gasteiger partial charge in [-0.15, -0.1) is 0 Å². The number of aromatic nitrogens is 3. The zero-order valence-corrected chi connectivity index (χ0v) is 20.7. The predicted octanol–water partition coefficient (Wildman–Crippen LogP) is 3.27. The molecule has 0 aliphatic carbocycles. The molecule has 0 aliphatic heterocycles. The Labute approximate surface area is 214 Å². The maximum Gasteiger partial charge on any atom is 0.263 e. The molecule has 4 rings (SSSR count). The molecule has 2 aromatic carbocycles. The molecule has 0 saturated heterocycles. The lowest BCUT2D eigenvalue weighted by Gasteiger charge is -2.10. The minimum Gasteiger partial charge on any atom is -0.497 e. The average molecular weight is 520 g/mol. The molecule has 1 amide bonds. The number of nitrogens with zero attached hydrogens (tertiary/aromatic N) is 3. The molecule has 0 atom stereocenters. The Bertz CT molecular complexity index is 1430. The van der Waals surface area contributed by atoms with Gasteiger partial charge in [0.25, 0.3) is 15.9 Å². The second kappa shape index (κ2) is 11.8. The fraction of sp³-hybridized carbons (Fsp3) is 0.120. The highest BCUT2D eigenvalue weighted by Gasteiger charge is 2.14. The number of hydrogen-bond donors (Lipinski definition) is 4. The third-order valence-electron chi connectivity index (χ3n) is 5.04. The zero-order valence-electron chi connectivity index (χ0n) is 19.9. The van der Waals surface area contributed by atoms with E-state index in [0.29, 0.717) is 41.9 Å². The van der Waals surface area contributed by atoms with E-state index in [4.69, 9.17) is 4.74 Å². The molecular weight excluding hydrogens is 494 g/mol. The third kappa shape index (κ3) is 7.15. The molecule has 12 heteroatoms. The normalized spacial score (nSPS) is 10.8. The maximum absolute atomic E-state index is 12.6. The first-order valence-corrected chi connectivity index (χ1v) is 12.7. The number of pyridine rings is 1. The van der Waals surface area contributed by atoms with Crippen LogP contribution in [0.2, 0.25) is 0 Å². The Morgan fingerprint density at radius 3 is 2.35 bits per heavy atom. The quantitative estimate of drug-likeness (QED) is 0.219. The van der Waals surface area contributed by atoms with Crippen LogP contribution in [0.4, 0.5) is 23.3 Å². The number of ether oxygens (including phenoxy) is 1. The molecular formula is C25H25N7O4S. The number of hydrogen-bond acceptors (Lipinski definition) is 9. The molecule has 0 unspecified atom stereocenters. The highest BCUT2D eigenvalue weighted by atomic mass is 32.2. The minimum absolute atomic E-state index is 0.102. The Morgan fingerprint density at radius 2 is 1.65 bits per heavy atom. The monoisotopic (exact) mass is 519 g/mol. The van der Waals surface area contributed by atoms with E-state index in [0.717, 1.165) is 0 Å². The van der Waals surface area contributed by atoms with Crippen molar-refractivity contribution in [2.24, 2.45) is 0 Å². The van der Waals surface area contributed by atoms with E-state index >= 15 is 0 Å². The summed E-state index contributed by atoms with van der Waals surface area (Å²) in [5.74, 6) is 1.62. The number of carbonyl (C=O) groups is 1. The summed E-state index contributed by atoms with van der Waals surface area (Å²) in [5, 5.41) is 8.99. The lowest BCUT2D eigenvalue weighted by atomic mass is 10.2. The van der Waals surface area contributed by atoms with Gasteiger partial charge in [0.05, 0.1) is 12.0 Å². The third-order valence-corrected chi connectivity index (χ3v) is 6.41. The van der Waals surface area contributed by atoms with Gasteiger partial charge in [-0.1, -0.05) is 6.07 Å². The van der Waals surface area contributed by atoms with Gasteiger partial charge in [0.1, 0.15) is 17.4 Å². The van der Waals surface area contributed by atoms with E-state index in [1.807, 2.05) is 0 Å². The van der Waals surface area contributed by atoms with Crippen LogP contribution >= 0.6 is 0 Å². The highest BCUT2D eigenvalue weighted by Crippen LogP contribution is 2.20. The summed E-state index contributed by atoms with van der Waals surface area (Å²) >= 11 is 0. The first-order valence-electron chi connectivity index (χ1n) is 11.2. The van der Waals surface area contributed by atoms with Gasteiger partial charge in [-0.3, -0.25) is 9.52 Å². The van der Waals surface area contributed by atoms with Gasteiger partial charge >= 0.3 is 0 Å². The topological polar surface area (TPSA) is 147 Å². The van der Waals surface area contributed by atoms with Crippen molar-refractivity contribution in [2.45, 2.75) is 4.90 Å². The molecule has 0 aliphatic rings. The molecule has 0 fully saturated rings. The Kier molecular flexibility index (Phi) is 8.11. The van der Waals surface area contributed by atoms with Crippen LogP contribution in [0, 0.1) is 0 Å². The van der Waals surface area contributed by atoms with Crippen molar-refractivity contribution in [3.8, 4) is 5.75 Å². The number of nitrogens with one attached hydrogen (secondary N) is 4. The van der Waals surface area contributed by atoms with Gasteiger partial charge in [0.2, 0.25) is 5.95 Å². The molecule has 0 saturated carbocycles. The van der Waals surface area contributed by atoms with E-state index < -0.39 is 10.0 Å². The molecule has 4 N–H and O–H groups in total. The molecule has 11 nitrogen and oxygen atoms in total. The van der Waals surface area contributed by atoms with E-state index in [-0.39, 0.29) is 16.6 Å². The van der Waals surface area contributed by atoms with Crippen LogP contribution in [0.3, 0.4) is 0 Å². The van der Waals surface area contributed by atoms with Crippen LogP contribution in [-0.4, -0.2) is 49.5 Å². The fourth-order valence-corrected chi connectivity index (χ4v) is 4.20. The first kappa shape index (κ1) is 25.4. The lowest BCUT2D eigenvalue weighted by molar-refractivity contribution is 0.0955. The van der Waals surface area contributed by atoms with Gasteiger partial charge in [-0.05, 0) is 66.7 Å². The SMILES string of the molecule is COc1ccc(C(=O)NCCNc2nccc(Nc3ccc(S(=O)(=O)Nc4ccccn4)cc3)n2)cc1. The summed E-state index contributed by atoms with van der Waals surface area (Å²) < 4.78 is 32.6. The van der Waals surface area contributed by atoms with Crippen LogP contribution in [0.15, 0.2) is 90.1 Å². The molecule has 0 spiro atoms. The molecule has 0 radical (unpaired) electrons. The Hall–Kier alpha value is -4.71. The van der Waals surface area contributed by atoms with Crippen molar-refractivity contribution in [1.29, 1.82) is 0 Å². The van der Waals surface area contributed by atoms with Crippen LogP contribution < -0.4 is 25.4 Å². The molecule has 4 aromatic rings. The number of carbonyl (C=O) groups excluding carboxylic acids is 1. The van der Waals surface area contributed by atoms with Crippen molar-refractivity contribution in [1.82, 2.24) is 20.3 Å². The van der Waals surface area contributed by atoms with Crippen LogP contribution in [0.25, 0.3) is 0 Å². The Morgan fingerprint density at radius 1 is 0.865 bits per heavy atom. The number of rotatable bonds is 11. The predicted molar refractivity (Wildman–Crippen MR) is 141 cm³/mol. The number of amides is 1. The summed E-state index contributed by atoms with van der Waals surface area (Å²) in [6.07, 6.45) is 3.09. The van der Waals surface area contributed by atoms with E-state index in [1.165, 1.54) is 18.3 Å². The van der Waals surface area contributed by atoms with Gasteiger partial charge in [0, 0.05) is 36.7 Å². The van der Waals surface area contributed by atoms with Crippen molar-refractivity contribution < 1.29 is 17.9 Å². The average Bonchev–Trinajstić information content (AvgIpc) is 2.92. The van der Waals surface area contributed by atoms with E-state index in [1.54, 1.807) is 74.0 Å². The van der Waals surface area contributed by atoms with Gasteiger partial charge < -0.3 is 20.7 Å². The van der Waals surface area contributed by atoms with Crippen LogP contribution in [0.1, 0.15) is 10.4 Å². The Balaban J connectivity index is 1.28. The number of sulfonamides is 1. The smallest absolute Gasteiger partial charge is 0.263 e. The minimum atomic E-state index is -3.76. The molecule has 2 heterocycles. The summed E-state index contributed by atoms with van der Waals surface area (Å²) in [5.41, 5.74) is 1.18. The fourth-order valence-electron chi connectivity index (χ4n) is 3.19. The number of methoxy groups -OCH3 is 1. The largest absolute Gasteiger partial charge is 0.497 e. The number of anilines is 4. The maximum atomic E-state index is 12.6. The second-order valence-corrected chi connectivity index (χ2v) is 9.33. The summed E-state index contributed by atoms with van der Waals surface area (Å²) in [6.45, 7) is 0.787. The van der Waals surface area contributed by atoms with Crippen LogP contribution in [0.5, 0.6) is 5.75 Å². The standard InChI is InChI=1S/C25H25N7O4S/c1-36-20-9-5-18(6-10-20)24(33)27-16-17-29-25-28-15-13-23(31-25)30-19-7-11-21(12-8-19)37(34,35)32-22-4-2-3-14-26-22/h2-15H,16-17H2,1H3,(H,26,32)(H,27,33)(H2,28,29,30,31). The van der Waals surface area contributed by atoms with Crippen molar-refractivity contribution in [3.05, 3.63) is 90.8 Å². The van der Waals surface area contributed by atoms with Crippen molar-refractivity contribution in [2.75, 3.05) is 35.6 Å². The van der Waals surface area contributed by atoms with E-state index in [9.17, 15) is 13.2 Å². The molecule has 0 bridgehead atoms. The highest BCUT2D eigenvalue weighted by molar-refractivity contribution is 7.92. The molecule has 2 aromatic heterocycles. The second-order valence-electron chi connectivity index (χ2n) is 7.65. The zero-order chi connectivity index (χ0) is 26.1. The summed E-state index contributed by atoms with van der Waals surface area (Å²) in [6, 6.07) is 19.7. The first-order chi connectivity index (χ1) is 17.9. The molecule has 37 heavy (non-hydrogen) atoms. The molecule has 190 valence electrons. The van der Waals surface area contributed by atoms with E-state index in [2.05, 4.69) is 35.6 Å². The van der Waals surface area contributed by atoms with Gasteiger partial charge in [0.15, 0.2) is 0 Å².